The molecule has 2 rings (SSSR count). The topological polar surface area (TPSA) is 27.7 Å². The lowest BCUT2D eigenvalue weighted by atomic mass is 9.63. The fourth-order valence-electron chi connectivity index (χ4n) is 2.97. The normalized spacial score (nSPS) is 27.3. The van der Waals surface area contributed by atoms with Crippen LogP contribution in [0.2, 0.25) is 23.9 Å². The Hall–Kier alpha value is -0.0982. The second kappa shape index (κ2) is 6.57. The fourth-order valence-corrected chi connectivity index (χ4v) is 3.93. The Morgan fingerprint density at radius 2 is 1.71 bits per heavy atom. The molecule has 1 atom stereocenters. The molecule has 0 bridgehead atoms. The maximum atomic E-state index is 6.49. The SMILES string of the molecule is CC1(C)OB([C@@H]2CCCC=C2CO[Si](C)(C)C(C)(C)C)OC1(C)C. The maximum absolute atomic E-state index is 6.49. The van der Waals surface area contributed by atoms with E-state index in [0.717, 1.165) is 19.4 Å². The minimum atomic E-state index is -1.74. The Bertz CT molecular complexity index is 475. The fraction of sp³-hybridized carbons (Fsp3) is 0.895. The van der Waals surface area contributed by atoms with Gasteiger partial charge in [0.1, 0.15) is 0 Å². The summed E-state index contributed by atoms with van der Waals surface area (Å²) in [6, 6.07) is 0. The van der Waals surface area contributed by atoms with Gasteiger partial charge < -0.3 is 13.7 Å². The van der Waals surface area contributed by atoms with Gasteiger partial charge >= 0.3 is 7.12 Å². The molecule has 138 valence electrons. The summed E-state index contributed by atoms with van der Waals surface area (Å²) < 4.78 is 19.1. The summed E-state index contributed by atoms with van der Waals surface area (Å²) in [7, 11) is -1.89. The molecule has 24 heavy (non-hydrogen) atoms. The van der Waals surface area contributed by atoms with Crippen molar-refractivity contribution in [2.24, 2.45) is 0 Å². The molecule has 0 radical (unpaired) electrons. The molecule has 0 spiro atoms. The average Bonchev–Trinajstić information content (AvgIpc) is 2.64. The Morgan fingerprint density at radius 3 is 2.21 bits per heavy atom. The van der Waals surface area contributed by atoms with Crippen LogP contribution in [0.4, 0.5) is 0 Å². The zero-order chi connectivity index (χ0) is 18.4. The molecule has 1 saturated heterocycles. The van der Waals surface area contributed by atoms with E-state index < -0.39 is 8.32 Å². The van der Waals surface area contributed by atoms with Gasteiger partial charge in [-0.15, -0.1) is 0 Å². The maximum Gasteiger partial charge on any atom is 0.465 e. The molecule has 0 saturated carbocycles. The van der Waals surface area contributed by atoms with Crippen molar-refractivity contribution in [2.45, 2.75) is 103 Å². The first-order valence-electron chi connectivity index (χ1n) is 9.45. The van der Waals surface area contributed by atoms with Gasteiger partial charge in [-0.3, -0.25) is 0 Å². The zero-order valence-corrected chi connectivity index (χ0v) is 18.3. The molecule has 0 unspecified atom stereocenters. The predicted molar refractivity (Wildman–Crippen MR) is 105 cm³/mol. The van der Waals surface area contributed by atoms with Gasteiger partial charge in [-0.2, -0.15) is 0 Å². The molecule has 0 N–H and O–H groups in total. The molecule has 5 heteroatoms. The van der Waals surface area contributed by atoms with Gasteiger partial charge in [0.05, 0.1) is 17.8 Å². The van der Waals surface area contributed by atoms with Crippen LogP contribution in [-0.4, -0.2) is 33.2 Å². The third kappa shape index (κ3) is 4.00. The van der Waals surface area contributed by atoms with Crippen LogP contribution in [0.25, 0.3) is 0 Å². The molecular formula is C19H37BO3Si. The summed E-state index contributed by atoms with van der Waals surface area (Å²) in [5.74, 6) is 0.324. The second-order valence-electron chi connectivity index (χ2n) is 9.99. The Morgan fingerprint density at radius 1 is 1.17 bits per heavy atom. The van der Waals surface area contributed by atoms with Gasteiger partial charge in [0.25, 0.3) is 0 Å². The van der Waals surface area contributed by atoms with E-state index in [1.807, 2.05) is 0 Å². The van der Waals surface area contributed by atoms with Crippen LogP contribution in [-0.2, 0) is 13.7 Å². The molecule has 3 nitrogen and oxygen atoms in total. The number of allylic oxidation sites excluding steroid dienone is 1. The summed E-state index contributed by atoms with van der Waals surface area (Å²) in [6.45, 7) is 20.8. The van der Waals surface area contributed by atoms with Crippen molar-refractivity contribution in [1.82, 2.24) is 0 Å². The van der Waals surface area contributed by atoms with Crippen molar-refractivity contribution < 1.29 is 13.7 Å². The van der Waals surface area contributed by atoms with E-state index in [1.165, 1.54) is 12.0 Å². The minimum absolute atomic E-state index is 0.149. The van der Waals surface area contributed by atoms with Crippen molar-refractivity contribution in [1.29, 1.82) is 0 Å². The highest BCUT2D eigenvalue weighted by molar-refractivity contribution is 6.74. The van der Waals surface area contributed by atoms with Crippen LogP contribution in [0.15, 0.2) is 11.6 Å². The van der Waals surface area contributed by atoms with Gasteiger partial charge in [0, 0.05) is 5.82 Å². The van der Waals surface area contributed by atoms with Crippen molar-refractivity contribution in [3.8, 4) is 0 Å². The number of hydrogen-bond acceptors (Lipinski definition) is 3. The Kier molecular flexibility index (Phi) is 5.53. The Balaban J connectivity index is 2.09. The smallest absolute Gasteiger partial charge is 0.413 e. The summed E-state index contributed by atoms with van der Waals surface area (Å²) in [5.41, 5.74) is 0.852. The highest BCUT2D eigenvalue weighted by atomic mass is 28.4. The molecule has 1 aliphatic carbocycles. The summed E-state index contributed by atoms with van der Waals surface area (Å²) in [6.07, 6.45) is 5.85. The molecule has 1 heterocycles. The van der Waals surface area contributed by atoms with Crippen molar-refractivity contribution in [2.75, 3.05) is 6.61 Å². The third-order valence-corrected chi connectivity index (χ3v) is 11.1. The average molecular weight is 352 g/mol. The van der Waals surface area contributed by atoms with Crippen LogP contribution in [0, 0.1) is 0 Å². The molecule has 0 aromatic carbocycles. The van der Waals surface area contributed by atoms with Crippen LogP contribution in [0.5, 0.6) is 0 Å². The van der Waals surface area contributed by atoms with Crippen LogP contribution >= 0.6 is 0 Å². The minimum Gasteiger partial charge on any atom is -0.413 e. The van der Waals surface area contributed by atoms with Crippen molar-refractivity contribution in [3.05, 3.63) is 11.6 Å². The van der Waals surface area contributed by atoms with Gasteiger partial charge in [-0.05, 0) is 70.7 Å². The van der Waals surface area contributed by atoms with E-state index >= 15 is 0 Å². The largest absolute Gasteiger partial charge is 0.465 e. The third-order valence-electron chi connectivity index (χ3n) is 6.61. The van der Waals surface area contributed by atoms with E-state index in [-0.39, 0.29) is 23.4 Å². The van der Waals surface area contributed by atoms with Crippen LogP contribution in [0.3, 0.4) is 0 Å². The van der Waals surface area contributed by atoms with Gasteiger partial charge in [0.15, 0.2) is 8.32 Å². The van der Waals surface area contributed by atoms with Crippen molar-refractivity contribution >= 4 is 15.4 Å². The van der Waals surface area contributed by atoms with E-state index in [4.69, 9.17) is 13.7 Å². The van der Waals surface area contributed by atoms with Crippen LogP contribution in [0.1, 0.15) is 67.7 Å². The summed E-state index contributed by atoms with van der Waals surface area (Å²) >= 11 is 0. The first-order valence-corrected chi connectivity index (χ1v) is 12.4. The van der Waals surface area contributed by atoms with Gasteiger partial charge in [-0.1, -0.05) is 26.8 Å². The van der Waals surface area contributed by atoms with E-state index in [2.05, 4.69) is 67.6 Å². The highest BCUT2D eigenvalue weighted by Crippen LogP contribution is 2.45. The summed E-state index contributed by atoms with van der Waals surface area (Å²) in [4.78, 5) is 0. The standard InChI is InChI=1S/C19H37BO3Si/c1-17(2,3)24(8,9)21-14-15-12-10-11-13-16(15)20-22-18(4,5)19(6,7)23-20/h12,16H,10-11,13-14H2,1-9H3/t16-/m1/s1. The van der Waals surface area contributed by atoms with Gasteiger partial charge in [-0.25, -0.2) is 0 Å². The lowest BCUT2D eigenvalue weighted by molar-refractivity contribution is 0.00578. The van der Waals surface area contributed by atoms with E-state index in [9.17, 15) is 0 Å². The zero-order valence-electron chi connectivity index (χ0n) is 17.3. The molecule has 1 aliphatic heterocycles. The second-order valence-corrected chi connectivity index (χ2v) is 14.8. The lowest BCUT2D eigenvalue weighted by Crippen LogP contribution is -2.42. The number of rotatable bonds is 4. The molecular weight excluding hydrogens is 315 g/mol. The summed E-state index contributed by atoms with van der Waals surface area (Å²) in [5, 5.41) is 0.238. The first kappa shape index (κ1) is 20.2. The highest BCUT2D eigenvalue weighted by Gasteiger charge is 2.54. The van der Waals surface area contributed by atoms with E-state index in [0.29, 0.717) is 5.82 Å². The molecule has 2 aliphatic rings. The molecule has 1 fully saturated rings. The molecule has 0 aromatic heterocycles. The van der Waals surface area contributed by atoms with Crippen molar-refractivity contribution in [3.63, 3.8) is 0 Å². The lowest BCUT2D eigenvalue weighted by Gasteiger charge is -2.37. The van der Waals surface area contributed by atoms with E-state index in [1.54, 1.807) is 0 Å². The van der Waals surface area contributed by atoms with Gasteiger partial charge in [0.2, 0.25) is 0 Å². The monoisotopic (exact) mass is 352 g/mol. The molecule has 0 aromatic rings. The quantitative estimate of drug-likeness (QED) is 0.488. The van der Waals surface area contributed by atoms with Crippen LogP contribution < -0.4 is 0 Å². The number of hydrogen-bond donors (Lipinski definition) is 0. The predicted octanol–water partition coefficient (Wildman–Crippen LogP) is 5.58. The first-order chi connectivity index (χ1) is 10.8. The molecule has 0 amide bonds. The Labute approximate surface area is 150 Å².